The van der Waals surface area contributed by atoms with Gasteiger partial charge >= 0.3 is 5.97 Å². The van der Waals surface area contributed by atoms with Crippen molar-refractivity contribution in [2.24, 2.45) is 0 Å². The number of hydroxylamine groups is 2. The standard InChI is InChI=1S/C40H73NO5/c42-37-33-31-29-27-25-23-21-19-17-15-13-11-9-7-5-3-1-2-4-6-8-10-12-14-16-18-20-22-24-26-28-30-32-34-40(45)46-41-38(43)35-36-39(41)44/h17,19,42H,1-16,18,20-37H2/b19-17-. The predicted molar refractivity (Wildman–Crippen MR) is 191 cm³/mol. The molecule has 0 unspecified atom stereocenters. The first kappa shape index (κ1) is 42.3. The van der Waals surface area contributed by atoms with Crippen LogP contribution in [0.5, 0.6) is 0 Å². The van der Waals surface area contributed by atoms with Gasteiger partial charge in [0.25, 0.3) is 11.8 Å². The van der Waals surface area contributed by atoms with Gasteiger partial charge in [-0.25, -0.2) is 4.79 Å². The van der Waals surface area contributed by atoms with E-state index in [4.69, 9.17) is 9.94 Å². The number of hydrogen-bond acceptors (Lipinski definition) is 5. The molecular formula is C40H73NO5. The van der Waals surface area contributed by atoms with Crippen LogP contribution in [0, 0.1) is 0 Å². The predicted octanol–water partition coefficient (Wildman–Crippen LogP) is 11.6. The van der Waals surface area contributed by atoms with Gasteiger partial charge in [-0.1, -0.05) is 173 Å². The van der Waals surface area contributed by atoms with E-state index >= 15 is 0 Å². The second-order valence-electron chi connectivity index (χ2n) is 13.8. The zero-order valence-electron chi connectivity index (χ0n) is 29.9. The molecule has 268 valence electrons. The fraction of sp³-hybridized carbons (Fsp3) is 0.875. The van der Waals surface area contributed by atoms with E-state index in [9.17, 15) is 14.4 Å². The third-order valence-corrected chi connectivity index (χ3v) is 9.40. The summed E-state index contributed by atoms with van der Waals surface area (Å²) in [5, 5.41) is 9.43. The lowest BCUT2D eigenvalue weighted by Gasteiger charge is -2.12. The average Bonchev–Trinajstić information content (AvgIpc) is 3.37. The van der Waals surface area contributed by atoms with Crippen LogP contribution in [0.3, 0.4) is 0 Å². The molecule has 0 atom stereocenters. The van der Waals surface area contributed by atoms with Crippen LogP contribution < -0.4 is 0 Å². The van der Waals surface area contributed by atoms with Gasteiger partial charge in [-0.15, -0.1) is 5.06 Å². The minimum Gasteiger partial charge on any atom is -0.396 e. The normalized spacial score (nSPS) is 13.5. The Kier molecular flexibility index (Phi) is 30.6. The minimum absolute atomic E-state index is 0.141. The number of carbonyl (C=O) groups excluding carboxylic acids is 3. The summed E-state index contributed by atoms with van der Waals surface area (Å²) in [6, 6.07) is 0. The molecule has 6 nitrogen and oxygen atoms in total. The Morgan fingerprint density at radius 1 is 0.478 bits per heavy atom. The van der Waals surface area contributed by atoms with Crippen molar-refractivity contribution in [3.63, 3.8) is 0 Å². The number of amides is 2. The van der Waals surface area contributed by atoms with Crippen molar-refractivity contribution in [2.45, 2.75) is 218 Å². The molecule has 1 fully saturated rings. The first-order valence-corrected chi connectivity index (χ1v) is 20.0. The van der Waals surface area contributed by atoms with E-state index in [0.29, 0.717) is 11.7 Å². The zero-order valence-corrected chi connectivity index (χ0v) is 29.9. The van der Waals surface area contributed by atoms with Gasteiger partial charge in [-0.3, -0.25) is 9.59 Å². The van der Waals surface area contributed by atoms with Crippen LogP contribution >= 0.6 is 0 Å². The molecule has 2 amide bonds. The Morgan fingerprint density at radius 3 is 1.09 bits per heavy atom. The maximum Gasteiger partial charge on any atom is 0.333 e. The van der Waals surface area contributed by atoms with Gasteiger partial charge in [0.2, 0.25) is 0 Å². The van der Waals surface area contributed by atoms with Crippen LogP contribution in [0.4, 0.5) is 0 Å². The molecule has 1 heterocycles. The largest absolute Gasteiger partial charge is 0.396 e. The van der Waals surface area contributed by atoms with Crippen molar-refractivity contribution in [3.8, 4) is 0 Å². The lowest BCUT2D eigenvalue weighted by Crippen LogP contribution is -2.31. The van der Waals surface area contributed by atoms with Crippen LogP contribution in [-0.2, 0) is 19.2 Å². The molecule has 6 heteroatoms. The van der Waals surface area contributed by atoms with Gasteiger partial charge in [0.05, 0.1) is 0 Å². The maximum atomic E-state index is 11.8. The molecule has 0 aliphatic carbocycles. The van der Waals surface area contributed by atoms with E-state index in [-0.39, 0.29) is 19.3 Å². The summed E-state index contributed by atoms with van der Waals surface area (Å²) >= 11 is 0. The molecule has 0 aromatic carbocycles. The number of hydrogen-bond donors (Lipinski definition) is 1. The third-order valence-electron chi connectivity index (χ3n) is 9.40. The number of nitrogens with zero attached hydrogens (tertiary/aromatic N) is 1. The summed E-state index contributed by atoms with van der Waals surface area (Å²) in [4.78, 5) is 39.6. The van der Waals surface area contributed by atoms with E-state index in [1.807, 2.05) is 0 Å². The van der Waals surface area contributed by atoms with Gasteiger partial charge in [-0.05, 0) is 38.5 Å². The lowest BCUT2D eigenvalue weighted by atomic mass is 10.0. The molecule has 0 bridgehead atoms. The third kappa shape index (κ3) is 27.4. The molecule has 0 aromatic rings. The number of unbranched alkanes of at least 4 members (excludes halogenated alkanes) is 29. The first-order chi connectivity index (χ1) is 22.6. The minimum atomic E-state index is -0.477. The molecule has 0 aromatic heterocycles. The number of allylic oxidation sites excluding steroid dienone is 2. The SMILES string of the molecule is O=C(CCCCCCCCCCCCCCCCCCCCCCCCC/C=C\CCCCCCCCO)ON1C(=O)CCC1=O. The maximum absolute atomic E-state index is 11.8. The number of rotatable bonds is 35. The smallest absolute Gasteiger partial charge is 0.333 e. The first-order valence-electron chi connectivity index (χ1n) is 20.0. The molecule has 1 aliphatic heterocycles. The summed E-state index contributed by atoms with van der Waals surface area (Å²) in [7, 11) is 0. The lowest BCUT2D eigenvalue weighted by molar-refractivity contribution is -0.197. The summed E-state index contributed by atoms with van der Waals surface area (Å²) in [5.41, 5.74) is 0. The number of aliphatic hydroxyl groups is 1. The van der Waals surface area contributed by atoms with Crippen LogP contribution in [0.15, 0.2) is 12.2 Å². The van der Waals surface area contributed by atoms with Gasteiger partial charge in [-0.2, -0.15) is 0 Å². The zero-order chi connectivity index (χ0) is 33.2. The van der Waals surface area contributed by atoms with Crippen molar-refractivity contribution in [1.82, 2.24) is 5.06 Å². The highest BCUT2D eigenvalue weighted by Crippen LogP contribution is 2.17. The van der Waals surface area contributed by atoms with Crippen LogP contribution in [0.25, 0.3) is 0 Å². The molecule has 1 saturated heterocycles. The molecule has 1 aliphatic rings. The number of aliphatic hydroxyl groups excluding tert-OH is 1. The number of imide groups is 1. The fourth-order valence-corrected chi connectivity index (χ4v) is 6.37. The van der Waals surface area contributed by atoms with Crippen molar-refractivity contribution >= 4 is 17.8 Å². The highest BCUT2D eigenvalue weighted by molar-refractivity contribution is 6.01. The van der Waals surface area contributed by atoms with E-state index in [1.54, 1.807) is 0 Å². The van der Waals surface area contributed by atoms with Crippen molar-refractivity contribution < 1.29 is 24.3 Å². The molecule has 1 rings (SSSR count). The summed E-state index contributed by atoms with van der Waals surface area (Å²) in [6.45, 7) is 0.351. The van der Waals surface area contributed by atoms with E-state index in [0.717, 1.165) is 25.7 Å². The Balaban J connectivity index is 1.67. The van der Waals surface area contributed by atoms with Crippen molar-refractivity contribution in [3.05, 3.63) is 12.2 Å². The Hall–Kier alpha value is -1.69. The highest BCUT2D eigenvalue weighted by Gasteiger charge is 2.32. The van der Waals surface area contributed by atoms with Crippen LogP contribution in [0.1, 0.15) is 218 Å². The topological polar surface area (TPSA) is 83.9 Å². The van der Waals surface area contributed by atoms with Gasteiger partial charge in [0, 0.05) is 25.9 Å². The van der Waals surface area contributed by atoms with Crippen LogP contribution in [-0.4, -0.2) is 34.6 Å². The fourth-order valence-electron chi connectivity index (χ4n) is 6.37. The molecular weight excluding hydrogens is 574 g/mol. The monoisotopic (exact) mass is 648 g/mol. The summed E-state index contributed by atoms with van der Waals surface area (Å²) in [6.07, 6.45) is 45.9. The Morgan fingerprint density at radius 2 is 0.761 bits per heavy atom. The molecule has 1 N–H and O–H groups in total. The highest BCUT2D eigenvalue weighted by atomic mass is 16.7. The van der Waals surface area contributed by atoms with Crippen LogP contribution in [0.2, 0.25) is 0 Å². The van der Waals surface area contributed by atoms with Crippen molar-refractivity contribution in [1.29, 1.82) is 0 Å². The molecule has 46 heavy (non-hydrogen) atoms. The van der Waals surface area contributed by atoms with E-state index in [2.05, 4.69) is 12.2 Å². The number of carbonyl (C=O) groups is 3. The quantitative estimate of drug-likeness (QED) is 0.0420. The Labute approximate surface area is 283 Å². The average molecular weight is 648 g/mol. The van der Waals surface area contributed by atoms with Gasteiger partial charge < -0.3 is 9.94 Å². The van der Waals surface area contributed by atoms with Gasteiger partial charge in [0.1, 0.15) is 0 Å². The second kappa shape index (κ2) is 33.2. The Bertz CT molecular complexity index is 736. The molecule has 0 spiro atoms. The second-order valence-corrected chi connectivity index (χ2v) is 13.8. The van der Waals surface area contributed by atoms with Gasteiger partial charge in [0.15, 0.2) is 0 Å². The summed E-state index contributed by atoms with van der Waals surface area (Å²) < 4.78 is 0. The summed E-state index contributed by atoms with van der Waals surface area (Å²) in [5.74, 6) is -1.30. The van der Waals surface area contributed by atoms with E-state index < -0.39 is 17.8 Å². The van der Waals surface area contributed by atoms with E-state index in [1.165, 1.54) is 173 Å². The molecule has 0 radical (unpaired) electrons. The molecule has 0 saturated carbocycles. The van der Waals surface area contributed by atoms with Crippen molar-refractivity contribution in [2.75, 3.05) is 6.61 Å².